The van der Waals surface area contributed by atoms with Gasteiger partial charge in [0.1, 0.15) is 0 Å². The van der Waals surface area contributed by atoms with Crippen molar-refractivity contribution in [2.45, 2.75) is 64.0 Å². The molecule has 1 aliphatic carbocycles. The van der Waals surface area contributed by atoms with Gasteiger partial charge in [0, 0.05) is 23.4 Å². The molecule has 1 aromatic carbocycles. The molecule has 0 saturated heterocycles. The van der Waals surface area contributed by atoms with Crippen LogP contribution in [0.1, 0.15) is 52.0 Å². The maximum atomic E-state index is 12.5. The highest BCUT2D eigenvalue weighted by atomic mass is 35.5. The molecule has 2 rings (SSSR count). The summed E-state index contributed by atoms with van der Waals surface area (Å²) in [6.07, 6.45) is 3.91. The molecule has 1 fully saturated rings. The second-order valence-corrected chi connectivity index (χ2v) is 6.94. The van der Waals surface area contributed by atoms with Crippen LogP contribution in [0, 0.1) is 5.92 Å². The molecule has 3 N–H and O–H groups in total. The molecule has 3 nitrogen and oxygen atoms in total. The Morgan fingerprint density at radius 2 is 1.91 bits per heavy atom. The van der Waals surface area contributed by atoms with E-state index in [1.807, 2.05) is 18.2 Å². The highest BCUT2D eigenvalue weighted by molar-refractivity contribution is 5.85. The molecule has 124 valence electrons. The number of hydrogen-bond acceptors (Lipinski definition) is 2. The first-order valence-corrected chi connectivity index (χ1v) is 8.02. The standard InChI is InChI=1S/C18H28N2O.ClH/c1-13(18(2,3)15-9-5-4-6-10-15)20-17(21)14-8-7-11-16(19)12-14;/h4-6,9-10,13-14,16H,7-8,11-12,19H2,1-3H3,(H,20,21);1H. The minimum Gasteiger partial charge on any atom is -0.353 e. The maximum Gasteiger partial charge on any atom is 0.223 e. The van der Waals surface area contributed by atoms with Gasteiger partial charge in [-0.05, 0) is 31.7 Å². The molecule has 1 aliphatic rings. The van der Waals surface area contributed by atoms with E-state index in [1.54, 1.807) is 0 Å². The van der Waals surface area contributed by atoms with Crippen molar-refractivity contribution < 1.29 is 4.79 Å². The van der Waals surface area contributed by atoms with Crippen molar-refractivity contribution in [1.29, 1.82) is 0 Å². The van der Waals surface area contributed by atoms with Gasteiger partial charge in [0.2, 0.25) is 5.91 Å². The number of hydrogen-bond donors (Lipinski definition) is 2. The molecule has 1 amide bonds. The molecule has 22 heavy (non-hydrogen) atoms. The quantitative estimate of drug-likeness (QED) is 0.891. The van der Waals surface area contributed by atoms with Gasteiger partial charge in [-0.1, -0.05) is 50.6 Å². The van der Waals surface area contributed by atoms with Crippen LogP contribution >= 0.6 is 12.4 Å². The SMILES string of the molecule is CC(NC(=O)C1CCCC(N)C1)C(C)(C)c1ccccc1.Cl. The molecule has 1 aromatic rings. The van der Waals surface area contributed by atoms with Gasteiger partial charge in [-0.3, -0.25) is 4.79 Å². The van der Waals surface area contributed by atoms with E-state index < -0.39 is 0 Å². The third-order valence-electron chi connectivity index (χ3n) is 5.04. The van der Waals surface area contributed by atoms with E-state index in [9.17, 15) is 4.79 Å². The van der Waals surface area contributed by atoms with E-state index in [1.165, 1.54) is 5.56 Å². The van der Waals surface area contributed by atoms with Gasteiger partial charge in [0.05, 0.1) is 0 Å². The van der Waals surface area contributed by atoms with E-state index in [0.717, 1.165) is 25.7 Å². The van der Waals surface area contributed by atoms with Crippen LogP contribution in [-0.2, 0) is 10.2 Å². The lowest BCUT2D eigenvalue weighted by Crippen LogP contribution is -2.48. The fourth-order valence-electron chi connectivity index (χ4n) is 3.10. The van der Waals surface area contributed by atoms with Gasteiger partial charge in [-0.25, -0.2) is 0 Å². The molecular weight excluding hydrogens is 296 g/mol. The first kappa shape index (κ1) is 19.0. The zero-order valence-corrected chi connectivity index (χ0v) is 14.7. The molecule has 0 bridgehead atoms. The minimum atomic E-state index is -0.0896. The Morgan fingerprint density at radius 3 is 2.50 bits per heavy atom. The molecule has 1 saturated carbocycles. The van der Waals surface area contributed by atoms with Gasteiger partial charge in [-0.15, -0.1) is 12.4 Å². The Bertz CT molecular complexity index is 475. The van der Waals surface area contributed by atoms with Crippen molar-refractivity contribution in [2.24, 2.45) is 11.7 Å². The predicted molar refractivity (Wildman–Crippen MR) is 94.3 cm³/mol. The van der Waals surface area contributed by atoms with Crippen molar-refractivity contribution in [2.75, 3.05) is 0 Å². The Balaban J connectivity index is 0.00000242. The molecule has 0 spiro atoms. The summed E-state index contributed by atoms with van der Waals surface area (Å²) in [5, 5.41) is 3.21. The zero-order chi connectivity index (χ0) is 15.5. The summed E-state index contributed by atoms with van der Waals surface area (Å²) in [6.45, 7) is 6.45. The first-order valence-electron chi connectivity index (χ1n) is 8.02. The molecule has 3 atom stereocenters. The van der Waals surface area contributed by atoms with Crippen LogP contribution in [-0.4, -0.2) is 18.0 Å². The Morgan fingerprint density at radius 1 is 1.27 bits per heavy atom. The Labute approximate surface area is 140 Å². The van der Waals surface area contributed by atoms with E-state index >= 15 is 0 Å². The van der Waals surface area contributed by atoms with Crippen molar-refractivity contribution in [3.63, 3.8) is 0 Å². The van der Waals surface area contributed by atoms with Crippen LogP contribution in [0.15, 0.2) is 30.3 Å². The lowest BCUT2D eigenvalue weighted by atomic mass is 9.78. The molecule has 0 aliphatic heterocycles. The highest BCUT2D eigenvalue weighted by Gasteiger charge is 2.32. The largest absolute Gasteiger partial charge is 0.353 e. The summed E-state index contributed by atoms with van der Waals surface area (Å²) in [7, 11) is 0. The lowest BCUT2D eigenvalue weighted by Gasteiger charge is -2.35. The summed E-state index contributed by atoms with van der Waals surface area (Å²) in [5.41, 5.74) is 7.15. The average molecular weight is 325 g/mol. The predicted octanol–water partition coefficient (Wildman–Crippen LogP) is 3.41. The van der Waals surface area contributed by atoms with Crippen molar-refractivity contribution in [3.8, 4) is 0 Å². The third kappa shape index (κ3) is 4.47. The molecule has 3 unspecified atom stereocenters. The first-order chi connectivity index (χ1) is 9.91. The average Bonchev–Trinajstić information content (AvgIpc) is 2.48. The van der Waals surface area contributed by atoms with Crippen molar-refractivity contribution in [1.82, 2.24) is 5.32 Å². The fourth-order valence-corrected chi connectivity index (χ4v) is 3.10. The van der Waals surface area contributed by atoms with Crippen LogP contribution in [0.2, 0.25) is 0 Å². The fraction of sp³-hybridized carbons (Fsp3) is 0.611. The van der Waals surface area contributed by atoms with Gasteiger partial charge >= 0.3 is 0 Å². The second-order valence-electron chi connectivity index (χ2n) is 6.94. The van der Waals surface area contributed by atoms with Gasteiger partial charge in [0.25, 0.3) is 0 Å². The zero-order valence-electron chi connectivity index (χ0n) is 13.8. The maximum absolute atomic E-state index is 12.5. The van der Waals surface area contributed by atoms with Crippen molar-refractivity contribution in [3.05, 3.63) is 35.9 Å². The molecule has 0 heterocycles. The van der Waals surface area contributed by atoms with Crippen molar-refractivity contribution >= 4 is 18.3 Å². The van der Waals surface area contributed by atoms with Gasteiger partial charge in [-0.2, -0.15) is 0 Å². The van der Waals surface area contributed by atoms with Crippen LogP contribution in [0.4, 0.5) is 0 Å². The molecule has 4 heteroatoms. The Hall–Kier alpha value is -1.06. The monoisotopic (exact) mass is 324 g/mol. The lowest BCUT2D eigenvalue weighted by molar-refractivity contribution is -0.127. The molecular formula is C18H29ClN2O. The van der Waals surface area contributed by atoms with E-state index in [0.29, 0.717) is 0 Å². The summed E-state index contributed by atoms with van der Waals surface area (Å²) >= 11 is 0. The Kier molecular flexibility index (Phi) is 6.89. The number of nitrogens with two attached hydrogens (primary N) is 1. The van der Waals surface area contributed by atoms with Crippen LogP contribution in [0.3, 0.4) is 0 Å². The normalized spacial score (nSPS) is 23.3. The summed E-state index contributed by atoms with van der Waals surface area (Å²) in [5.74, 6) is 0.254. The van der Waals surface area contributed by atoms with Crippen LogP contribution < -0.4 is 11.1 Å². The highest BCUT2D eigenvalue weighted by Crippen LogP contribution is 2.28. The van der Waals surface area contributed by atoms with Gasteiger partial charge < -0.3 is 11.1 Å². The van der Waals surface area contributed by atoms with Crippen LogP contribution in [0.25, 0.3) is 0 Å². The minimum absolute atomic E-state index is 0. The number of nitrogens with one attached hydrogen (secondary N) is 1. The topological polar surface area (TPSA) is 55.1 Å². The van der Waals surface area contributed by atoms with Gasteiger partial charge in [0.15, 0.2) is 0 Å². The number of carbonyl (C=O) groups is 1. The number of halogens is 1. The third-order valence-corrected chi connectivity index (χ3v) is 5.04. The second kappa shape index (κ2) is 7.98. The number of carbonyl (C=O) groups excluding carboxylic acids is 1. The van der Waals surface area contributed by atoms with Crippen LogP contribution in [0.5, 0.6) is 0 Å². The van der Waals surface area contributed by atoms with E-state index in [-0.39, 0.29) is 41.7 Å². The summed E-state index contributed by atoms with van der Waals surface area (Å²) < 4.78 is 0. The summed E-state index contributed by atoms with van der Waals surface area (Å²) in [4.78, 5) is 12.5. The summed E-state index contributed by atoms with van der Waals surface area (Å²) in [6, 6.07) is 10.6. The number of rotatable bonds is 4. The molecule has 0 radical (unpaired) electrons. The smallest absolute Gasteiger partial charge is 0.223 e. The number of benzene rings is 1. The molecule has 0 aromatic heterocycles. The number of amides is 1. The van der Waals surface area contributed by atoms with E-state index in [2.05, 4.69) is 38.2 Å². The van der Waals surface area contributed by atoms with E-state index in [4.69, 9.17) is 5.73 Å².